The molecule has 0 saturated carbocycles. The predicted molar refractivity (Wildman–Crippen MR) is 85.7 cm³/mol. The number of fused-ring (bicyclic) bond motifs is 2. The van der Waals surface area contributed by atoms with Gasteiger partial charge in [-0.2, -0.15) is 0 Å². The maximum atomic E-state index is 5.44. The number of ether oxygens (including phenoxy) is 2. The number of aromatic nitrogens is 1. The number of benzene rings is 2. The smallest absolute Gasteiger partial charge is 0.231 e. The number of aryl methyl sites for hydroxylation is 1. The van der Waals surface area contributed by atoms with Crippen LogP contribution in [0.5, 0.6) is 11.5 Å². The molecule has 3 nitrogen and oxygen atoms in total. The minimum Gasteiger partial charge on any atom is -0.454 e. The molecule has 0 radical (unpaired) electrons. The first kappa shape index (κ1) is 12.7. The summed E-state index contributed by atoms with van der Waals surface area (Å²) in [6, 6.07) is 14.2. The number of rotatable bonds is 1. The van der Waals surface area contributed by atoms with Crippen LogP contribution in [0.25, 0.3) is 22.2 Å². The van der Waals surface area contributed by atoms with Crippen LogP contribution < -0.4 is 9.47 Å². The molecule has 4 rings (SSSR count). The van der Waals surface area contributed by atoms with E-state index in [9.17, 15) is 0 Å². The third-order valence-corrected chi connectivity index (χ3v) is 4.18. The molecule has 0 N–H and O–H groups in total. The van der Waals surface area contributed by atoms with Crippen molar-refractivity contribution < 1.29 is 9.47 Å². The number of hydrogen-bond acceptors (Lipinski definition) is 3. The summed E-state index contributed by atoms with van der Waals surface area (Å²) in [4.78, 5) is 4.76. The van der Waals surface area contributed by atoms with E-state index < -0.39 is 0 Å². The van der Waals surface area contributed by atoms with Gasteiger partial charge in [0, 0.05) is 21.5 Å². The molecule has 0 atom stereocenters. The molecule has 0 spiro atoms. The molecule has 0 amide bonds. The van der Waals surface area contributed by atoms with E-state index in [1.165, 1.54) is 5.56 Å². The van der Waals surface area contributed by atoms with Gasteiger partial charge in [-0.3, -0.25) is 0 Å². The summed E-state index contributed by atoms with van der Waals surface area (Å²) in [7, 11) is 0. The third-order valence-electron chi connectivity index (χ3n) is 3.65. The van der Waals surface area contributed by atoms with Gasteiger partial charge in [-0.05, 0) is 36.8 Å². The summed E-state index contributed by atoms with van der Waals surface area (Å²) in [6.45, 7) is 2.37. The molecule has 21 heavy (non-hydrogen) atoms. The normalized spacial score (nSPS) is 12.9. The molecular weight excluding hydrogens is 330 g/mol. The first-order chi connectivity index (χ1) is 10.2. The first-order valence-electron chi connectivity index (χ1n) is 6.68. The second-order valence-corrected chi connectivity index (χ2v) is 5.97. The quantitative estimate of drug-likeness (QED) is 0.642. The van der Waals surface area contributed by atoms with Crippen molar-refractivity contribution in [3.8, 4) is 22.8 Å². The van der Waals surface area contributed by atoms with Crippen LogP contribution in [0, 0.1) is 6.92 Å². The van der Waals surface area contributed by atoms with Crippen LogP contribution in [0.15, 0.2) is 46.9 Å². The lowest BCUT2D eigenvalue weighted by Gasteiger charge is -2.08. The molecule has 0 bridgehead atoms. The van der Waals surface area contributed by atoms with Gasteiger partial charge in [0.2, 0.25) is 6.79 Å². The van der Waals surface area contributed by atoms with Crippen LogP contribution in [0.4, 0.5) is 0 Å². The summed E-state index contributed by atoms with van der Waals surface area (Å²) in [5.74, 6) is 1.56. The van der Waals surface area contributed by atoms with Crippen molar-refractivity contribution in [3.63, 3.8) is 0 Å². The molecule has 4 heteroatoms. The molecule has 3 aromatic rings. The maximum Gasteiger partial charge on any atom is 0.231 e. The number of hydrogen-bond donors (Lipinski definition) is 0. The van der Waals surface area contributed by atoms with Crippen molar-refractivity contribution in [2.75, 3.05) is 6.79 Å². The molecule has 2 heterocycles. The lowest BCUT2D eigenvalue weighted by atomic mass is 10.0. The molecular formula is C17H12BrNO2. The standard InChI is InChI=1S/C17H12BrNO2/c1-10-6-14(11-2-4-12(18)5-3-11)19-15-8-17-16(7-13(10)15)20-9-21-17/h2-8H,9H2,1H3. The zero-order chi connectivity index (χ0) is 14.4. The van der Waals surface area contributed by atoms with Crippen LogP contribution in [0.3, 0.4) is 0 Å². The van der Waals surface area contributed by atoms with Crippen molar-refractivity contribution in [3.05, 3.63) is 52.5 Å². The Bertz CT molecular complexity index is 844. The van der Waals surface area contributed by atoms with Crippen LogP contribution in [-0.4, -0.2) is 11.8 Å². The van der Waals surface area contributed by atoms with Crippen molar-refractivity contribution in [1.82, 2.24) is 4.98 Å². The van der Waals surface area contributed by atoms with Gasteiger partial charge >= 0.3 is 0 Å². The van der Waals surface area contributed by atoms with Crippen molar-refractivity contribution in [1.29, 1.82) is 0 Å². The van der Waals surface area contributed by atoms with E-state index in [0.29, 0.717) is 0 Å². The number of nitrogens with zero attached hydrogens (tertiary/aromatic N) is 1. The summed E-state index contributed by atoms with van der Waals surface area (Å²) in [5, 5.41) is 1.10. The summed E-state index contributed by atoms with van der Waals surface area (Å²) < 4.78 is 11.9. The summed E-state index contributed by atoms with van der Waals surface area (Å²) in [6.07, 6.45) is 0. The Balaban J connectivity index is 1.92. The van der Waals surface area contributed by atoms with Gasteiger partial charge in [-0.15, -0.1) is 0 Å². The minimum atomic E-state index is 0.282. The number of pyridine rings is 1. The van der Waals surface area contributed by atoms with E-state index in [2.05, 4.69) is 41.1 Å². The zero-order valence-electron chi connectivity index (χ0n) is 11.4. The van der Waals surface area contributed by atoms with Crippen molar-refractivity contribution in [2.24, 2.45) is 0 Å². The Hall–Kier alpha value is -2.07. The van der Waals surface area contributed by atoms with Crippen molar-refractivity contribution >= 4 is 26.8 Å². The average Bonchev–Trinajstić information content (AvgIpc) is 2.93. The van der Waals surface area contributed by atoms with E-state index in [-0.39, 0.29) is 6.79 Å². The van der Waals surface area contributed by atoms with Crippen molar-refractivity contribution in [2.45, 2.75) is 6.92 Å². The molecule has 1 aliphatic rings. The fraction of sp³-hybridized carbons (Fsp3) is 0.118. The van der Waals surface area contributed by atoms with Crippen LogP contribution in [-0.2, 0) is 0 Å². The van der Waals surface area contributed by atoms with Gasteiger partial charge < -0.3 is 9.47 Å². The van der Waals surface area contributed by atoms with E-state index in [0.717, 1.165) is 38.1 Å². The molecule has 2 aromatic carbocycles. The molecule has 104 valence electrons. The van der Waals surface area contributed by atoms with Gasteiger partial charge in [0.05, 0.1) is 11.2 Å². The molecule has 0 aliphatic carbocycles. The Morgan fingerprint density at radius 2 is 1.71 bits per heavy atom. The van der Waals surface area contributed by atoms with Gasteiger partial charge in [-0.25, -0.2) is 4.98 Å². The Morgan fingerprint density at radius 1 is 1.00 bits per heavy atom. The van der Waals surface area contributed by atoms with E-state index in [4.69, 9.17) is 14.5 Å². The highest BCUT2D eigenvalue weighted by atomic mass is 79.9. The minimum absolute atomic E-state index is 0.282. The third kappa shape index (κ3) is 2.16. The second-order valence-electron chi connectivity index (χ2n) is 5.05. The highest BCUT2D eigenvalue weighted by molar-refractivity contribution is 9.10. The lowest BCUT2D eigenvalue weighted by molar-refractivity contribution is 0.174. The van der Waals surface area contributed by atoms with E-state index >= 15 is 0 Å². The summed E-state index contributed by atoms with van der Waals surface area (Å²) in [5.41, 5.74) is 4.17. The Morgan fingerprint density at radius 3 is 2.48 bits per heavy atom. The lowest BCUT2D eigenvalue weighted by Crippen LogP contribution is -1.92. The fourth-order valence-corrected chi connectivity index (χ4v) is 2.82. The van der Waals surface area contributed by atoms with E-state index in [1.807, 2.05) is 24.3 Å². The summed E-state index contributed by atoms with van der Waals surface area (Å²) >= 11 is 3.46. The highest BCUT2D eigenvalue weighted by Crippen LogP contribution is 2.37. The van der Waals surface area contributed by atoms with Gasteiger partial charge in [0.1, 0.15) is 0 Å². The Kier molecular flexibility index (Phi) is 2.86. The average molecular weight is 342 g/mol. The fourth-order valence-electron chi connectivity index (χ4n) is 2.55. The van der Waals surface area contributed by atoms with Gasteiger partial charge in [0.25, 0.3) is 0 Å². The monoisotopic (exact) mass is 341 g/mol. The molecule has 0 unspecified atom stereocenters. The molecule has 0 fully saturated rings. The van der Waals surface area contributed by atoms with E-state index in [1.54, 1.807) is 0 Å². The SMILES string of the molecule is Cc1cc(-c2ccc(Br)cc2)nc2cc3c(cc12)OCO3. The predicted octanol–water partition coefficient (Wildman–Crippen LogP) is 4.70. The van der Waals surface area contributed by atoms with Crippen LogP contribution in [0.2, 0.25) is 0 Å². The zero-order valence-corrected chi connectivity index (χ0v) is 13.0. The topological polar surface area (TPSA) is 31.4 Å². The van der Waals surface area contributed by atoms with Crippen LogP contribution >= 0.6 is 15.9 Å². The largest absolute Gasteiger partial charge is 0.454 e. The van der Waals surface area contributed by atoms with Crippen LogP contribution in [0.1, 0.15) is 5.56 Å². The number of halogens is 1. The maximum absolute atomic E-state index is 5.44. The molecule has 0 saturated heterocycles. The highest BCUT2D eigenvalue weighted by Gasteiger charge is 2.16. The molecule has 1 aromatic heterocycles. The van der Waals surface area contributed by atoms with Gasteiger partial charge in [0.15, 0.2) is 11.5 Å². The second kappa shape index (κ2) is 4.74. The Labute approximate surface area is 130 Å². The van der Waals surface area contributed by atoms with Gasteiger partial charge in [-0.1, -0.05) is 28.1 Å². The molecule has 1 aliphatic heterocycles. The first-order valence-corrected chi connectivity index (χ1v) is 7.47.